The van der Waals surface area contributed by atoms with Crippen molar-refractivity contribution >= 4 is 35.0 Å². The molecular formula is C16H17ClF2N4OS. The fraction of sp³-hybridized carbons (Fsp3) is 0.375. The third-order valence-electron chi connectivity index (χ3n) is 4.14. The first kappa shape index (κ1) is 18.2. The number of anilines is 1. The van der Waals surface area contributed by atoms with E-state index < -0.39 is 5.76 Å². The van der Waals surface area contributed by atoms with E-state index in [4.69, 9.17) is 11.6 Å². The third kappa shape index (κ3) is 4.13. The Morgan fingerprint density at radius 3 is 2.96 bits per heavy atom. The molecule has 0 bridgehead atoms. The molecule has 134 valence electrons. The normalized spacial score (nSPS) is 20.2. The monoisotopic (exact) mass is 386 g/mol. The number of hydrogen-bond donors (Lipinski definition) is 2. The van der Waals surface area contributed by atoms with Crippen LogP contribution in [0.25, 0.3) is 0 Å². The average molecular weight is 387 g/mol. The molecule has 5 nitrogen and oxygen atoms in total. The predicted octanol–water partition coefficient (Wildman–Crippen LogP) is 3.33. The number of thioether (sulfide) groups is 1. The van der Waals surface area contributed by atoms with Gasteiger partial charge in [-0.15, -0.1) is 0 Å². The number of rotatable bonds is 5. The first-order valence-corrected chi connectivity index (χ1v) is 8.95. The van der Waals surface area contributed by atoms with Gasteiger partial charge in [0.1, 0.15) is 0 Å². The summed E-state index contributed by atoms with van der Waals surface area (Å²) in [6.07, 6.45) is 3.63. The Hall–Kier alpha value is -1.64. The number of aryl methyl sites for hydroxylation is 1. The summed E-state index contributed by atoms with van der Waals surface area (Å²) in [5, 5.41) is 10.3. The highest BCUT2D eigenvalue weighted by Gasteiger charge is 2.35. The standard InChI is InChI=1S/C16H17ClF2N4OS/c1-23-8-9(5-21-23)10-6-20-7-11(10)15(24)22-13-4-2-3-12(17)14(13)25-16(18)19/h2-5,8,10-11,16,20H,6-7H2,1H3,(H,22,24)/t10-,11+/m1/s1. The Bertz CT molecular complexity index is 770. The van der Waals surface area contributed by atoms with Crippen LogP contribution in [-0.2, 0) is 11.8 Å². The fourth-order valence-electron chi connectivity index (χ4n) is 2.98. The molecule has 2 heterocycles. The molecule has 0 saturated carbocycles. The molecule has 2 N–H and O–H groups in total. The van der Waals surface area contributed by atoms with E-state index in [0.29, 0.717) is 30.5 Å². The number of alkyl halides is 2. The van der Waals surface area contributed by atoms with Crippen LogP contribution < -0.4 is 10.6 Å². The number of hydrogen-bond acceptors (Lipinski definition) is 4. The summed E-state index contributed by atoms with van der Waals surface area (Å²) in [4.78, 5) is 12.9. The molecule has 1 aliphatic heterocycles. The Morgan fingerprint density at radius 1 is 1.48 bits per heavy atom. The number of nitrogens with zero attached hydrogens (tertiary/aromatic N) is 2. The van der Waals surface area contributed by atoms with Crippen molar-refractivity contribution in [2.75, 3.05) is 18.4 Å². The minimum atomic E-state index is -2.62. The molecule has 2 atom stereocenters. The second kappa shape index (κ2) is 7.72. The van der Waals surface area contributed by atoms with E-state index in [9.17, 15) is 13.6 Å². The molecule has 1 aromatic carbocycles. The van der Waals surface area contributed by atoms with E-state index in [0.717, 1.165) is 5.56 Å². The summed E-state index contributed by atoms with van der Waals surface area (Å²) < 4.78 is 27.2. The van der Waals surface area contributed by atoms with E-state index in [1.807, 2.05) is 13.2 Å². The van der Waals surface area contributed by atoms with E-state index in [1.165, 1.54) is 6.07 Å². The van der Waals surface area contributed by atoms with Crippen molar-refractivity contribution in [3.8, 4) is 0 Å². The molecule has 9 heteroatoms. The molecule has 1 fully saturated rings. The van der Waals surface area contributed by atoms with Crippen molar-refractivity contribution in [3.05, 3.63) is 41.2 Å². The molecular weight excluding hydrogens is 370 g/mol. The van der Waals surface area contributed by atoms with Crippen molar-refractivity contribution in [2.24, 2.45) is 13.0 Å². The molecule has 3 rings (SSSR count). The van der Waals surface area contributed by atoms with Gasteiger partial charge in [0.25, 0.3) is 5.76 Å². The van der Waals surface area contributed by atoms with Gasteiger partial charge in [-0.05, 0) is 17.7 Å². The fourth-order valence-corrected chi connectivity index (χ4v) is 3.89. The first-order valence-electron chi connectivity index (χ1n) is 7.69. The summed E-state index contributed by atoms with van der Waals surface area (Å²) in [6, 6.07) is 4.73. The lowest BCUT2D eigenvalue weighted by molar-refractivity contribution is -0.119. The van der Waals surface area contributed by atoms with Crippen LogP contribution in [0.2, 0.25) is 5.02 Å². The van der Waals surface area contributed by atoms with Crippen LogP contribution >= 0.6 is 23.4 Å². The van der Waals surface area contributed by atoms with Crippen molar-refractivity contribution in [2.45, 2.75) is 16.6 Å². The second-order valence-electron chi connectivity index (χ2n) is 5.80. The molecule has 25 heavy (non-hydrogen) atoms. The number of halogens is 3. The highest BCUT2D eigenvalue weighted by atomic mass is 35.5. The summed E-state index contributed by atoms with van der Waals surface area (Å²) in [5.74, 6) is -3.17. The van der Waals surface area contributed by atoms with Gasteiger partial charge in [0.2, 0.25) is 5.91 Å². The third-order valence-corrected chi connectivity index (χ3v) is 5.42. The minimum Gasteiger partial charge on any atom is -0.325 e. The van der Waals surface area contributed by atoms with Crippen molar-refractivity contribution in [3.63, 3.8) is 0 Å². The predicted molar refractivity (Wildman–Crippen MR) is 94.3 cm³/mol. The molecule has 0 aliphatic carbocycles. The van der Waals surface area contributed by atoms with Crippen molar-refractivity contribution < 1.29 is 13.6 Å². The quantitative estimate of drug-likeness (QED) is 0.774. The largest absolute Gasteiger partial charge is 0.325 e. The van der Waals surface area contributed by atoms with Gasteiger partial charge in [-0.25, -0.2) is 0 Å². The number of benzene rings is 1. The van der Waals surface area contributed by atoms with Crippen LogP contribution in [0.5, 0.6) is 0 Å². The Balaban J connectivity index is 1.79. The maximum absolute atomic E-state index is 12.8. The van der Waals surface area contributed by atoms with Crippen molar-refractivity contribution in [1.29, 1.82) is 0 Å². The van der Waals surface area contributed by atoms with Gasteiger partial charge in [0, 0.05) is 32.3 Å². The molecule has 1 aromatic heterocycles. The molecule has 1 amide bonds. The number of carbonyl (C=O) groups is 1. The Labute approximate surface area is 153 Å². The zero-order chi connectivity index (χ0) is 18.0. The number of aromatic nitrogens is 2. The Morgan fingerprint density at radius 2 is 2.28 bits per heavy atom. The van der Waals surface area contributed by atoms with Crippen molar-refractivity contribution in [1.82, 2.24) is 15.1 Å². The molecule has 0 spiro atoms. The topological polar surface area (TPSA) is 59.0 Å². The van der Waals surface area contributed by atoms with Gasteiger partial charge in [0.05, 0.1) is 27.7 Å². The van der Waals surface area contributed by atoms with Crippen LogP contribution in [0.1, 0.15) is 11.5 Å². The summed E-state index contributed by atoms with van der Waals surface area (Å²) in [6.45, 7) is 1.18. The number of carbonyl (C=O) groups excluding carboxylic acids is 1. The lowest BCUT2D eigenvalue weighted by atomic mass is 9.90. The maximum Gasteiger partial charge on any atom is 0.289 e. The van der Waals surface area contributed by atoms with Gasteiger partial charge in [-0.3, -0.25) is 9.48 Å². The summed E-state index contributed by atoms with van der Waals surface area (Å²) in [7, 11) is 1.82. The number of nitrogens with one attached hydrogen (secondary N) is 2. The lowest BCUT2D eigenvalue weighted by Crippen LogP contribution is -2.28. The SMILES string of the molecule is Cn1cc([C@H]2CNC[C@@H]2C(=O)Nc2cccc(Cl)c2SC(F)F)cn1. The van der Waals surface area contributed by atoms with Gasteiger partial charge >= 0.3 is 0 Å². The van der Waals surface area contributed by atoms with Crippen LogP contribution in [0.15, 0.2) is 35.5 Å². The summed E-state index contributed by atoms with van der Waals surface area (Å²) in [5.41, 5.74) is 1.28. The first-order chi connectivity index (χ1) is 12.0. The average Bonchev–Trinajstić information content (AvgIpc) is 3.18. The summed E-state index contributed by atoms with van der Waals surface area (Å²) >= 11 is 6.34. The molecule has 1 aliphatic rings. The molecule has 0 radical (unpaired) electrons. The molecule has 0 unspecified atom stereocenters. The van der Waals surface area contributed by atoms with Crippen LogP contribution in [-0.4, -0.2) is 34.5 Å². The van der Waals surface area contributed by atoms with E-state index in [2.05, 4.69) is 15.7 Å². The maximum atomic E-state index is 12.8. The highest BCUT2D eigenvalue weighted by Crippen LogP contribution is 2.38. The van der Waals surface area contributed by atoms with Gasteiger partial charge < -0.3 is 10.6 Å². The zero-order valence-electron chi connectivity index (χ0n) is 13.4. The molecule has 1 saturated heterocycles. The van der Waals surface area contributed by atoms with Crippen LogP contribution in [0, 0.1) is 5.92 Å². The highest BCUT2D eigenvalue weighted by molar-refractivity contribution is 7.99. The van der Waals surface area contributed by atoms with Gasteiger partial charge in [0.15, 0.2) is 0 Å². The Kier molecular flexibility index (Phi) is 5.61. The minimum absolute atomic E-state index is 0.0147. The van der Waals surface area contributed by atoms with E-state index in [-0.39, 0.29) is 27.7 Å². The number of amides is 1. The zero-order valence-corrected chi connectivity index (χ0v) is 15.0. The second-order valence-corrected chi connectivity index (χ2v) is 7.21. The smallest absolute Gasteiger partial charge is 0.289 e. The van der Waals surface area contributed by atoms with Gasteiger partial charge in [-0.1, -0.05) is 29.4 Å². The van der Waals surface area contributed by atoms with Crippen LogP contribution in [0.4, 0.5) is 14.5 Å². The lowest BCUT2D eigenvalue weighted by Gasteiger charge is -2.18. The van der Waals surface area contributed by atoms with E-state index >= 15 is 0 Å². The van der Waals surface area contributed by atoms with Crippen LogP contribution in [0.3, 0.4) is 0 Å². The van der Waals surface area contributed by atoms with E-state index in [1.54, 1.807) is 23.0 Å². The molecule has 2 aromatic rings. The van der Waals surface area contributed by atoms with Gasteiger partial charge in [-0.2, -0.15) is 13.9 Å².